The van der Waals surface area contributed by atoms with Gasteiger partial charge in [-0.15, -0.1) is 0 Å². The van der Waals surface area contributed by atoms with Gasteiger partial charge >= 0.3 is 5.97 Å². The Morgan fingerprint density at radius 3 is 2.67 bits per heavy atom. The summed E-state index contributed by atoms with van der Waals surface area (Å²) in [4.78, 5) is 25.1. The molecule has 1 atom stereocenters. The normalized spacial score (nSPS) is 19.3. The minimum absolute atomic E-state index is 0.0314. The van der Waals surface area contributed by atoms with Gasteiger partial charge in [0.1, 0.15) is 0 Å². The van der Waals surface area contributed by atoms with E-state index in [1.54, 1.807) is 6.08 Å². The van der Waals surface area contributed by atoms with Crippen molar-refractivity contribution in [2.24, 2.45) is 0 Å². The van der Waals surface area contributed by atoms with Gasteiger partial charge in [0.25, 0.3) is 5.91 Å². The van der Waals surface area contributed by atoms with E-state index in [0.717, 1.165) is 11.1 Å². The zero-order valence-electron chi connectivity index (χ0n) is 13.8. The largest absolute Gasteiger partial charge is 0.452 e. The highest BCUT2D eigenvalue weighted by Gasteiger charge is 2.32. The second kappa shape index (κ2) is 7.61. The third-order valence-electron chi connectivity index (χ3n) is 4.07. The summed E-state index contributed by atoms with van der Waals surface area (Å²) in [5, 5.41) is 0. The van der Waals surface area contributed by atoms with Gasteiger partial charge in [-0.1, -0.05) is 24.3 Å². The number of rotatable bonds is 5. The molecule has 0 bridgehead atoms. The molecular weight excluding hydrogens is 330 g/mol. The van der Waals surface area contributed by atoms with Gasteiger partial charge < -0.3 is 9.64 Å². The highest BCUT2D eigenvalue weighted by molar-refractivity contribution is 7.91. The Hall–Kier alpha value is -2.15. The fraction of sp³-hybridized carbons (Fsp3) is 0.412. The van der Waals surface area contributed by atoms with Crippen molar-refractivity contribution in [3.05, 3.63) is 41.5 Å². The Bertz CT molecular complexity index is 754. The zero-order valence-corrected chi connectivity index (χ0v) is 14.6. The highest BCUT2D eigenvalue weighted by atomic mass is 32.2. The molecule has 1 amide bonds. The number of nitrogens with zero attached hydrogens (tertiary/aromatic N) is 1. The van der Waals surface area contributed by atoms with Crippen LogP contribution in [0, 0.1) is 6.92 Å². The first kappa shape index (κ1) is 18.2. The summed E-state index contributed by atoms with van der Waals surface area (Å²) < 4.78 is 27.8. The molecule has 0 aliphatic carbocycles. The fourth-order valence-corrected chi connectivity index (χ4v) is 4.27. The summed E-state index contributed by atoms with van der Waals surface area (Å²) in [6.07, 6.45) is 3.33. The molecule has 0 radical (unpaired) electrons. The van der Waals surface area contributed by atoms with E-state index in [1.807, 2.05) is 31.2 Å². The zero-order chi connectivity index (χ0) is 17.7. The van der Waals surface area contributed by atoms with Crippen molar-refractivity contribution in [1.82, 2.24) is 4.90 Å². The first-order valence-corrected chi connectivity index (χ1v) is 9.47. The van der Waals surface area contributed by atoms with Crippen LogP contribution in [0.15, 0.2) is 30.3 Å². The van der Waals surface area contributed by atoms with E-state index >= 15 is 0 Å². The van der Waals surface area contributed by atoms with Gasteiger partial charge in [0.05, 0.1) is 11.5 Å². The van der Waals surface area contributed by atoms with Crippen molar-refractivity contribution < 1.29 is 22.7 Å². The quantitative estimate of drug-likeness (QED) is 0.588. The number of hydrogen-bond acceptors (Lipinski definition) is 5. The number of hydrogen-bond donors (Lipinski definition) is 0. The van der Waals surface area contributed by atoms with Crippen LogP contribution in [0.5, 0.6) is 0 Å². The van der Waals surface area contributed by atoms with E-state index in [0.29, 0.717) is 6.42 Å². The third kappa shape index (κ3) is 4.92. The number of carbonyl (C=O) groups is 2. The molecule has 1 fully saturated rings. The van der Waals surface area contributed by atoms with Crippen LogP contribution in [0.4, 0.5) is 0 Å². The Balaban J connectivity index is 1.83. The Labute approximate surface area is 142 Å². The molecule has 0 N–H and O–H groups in total. The van der Waals surface area contributed by atoms with Crippen molar-refractivity contribution in [2.75, 3.05) is 25.2 Å². The summed E-state index contributed by atoms with van der Waals surface area (Å²) in [5.41, 5.74) is 1.92. The molecule has 1 aromatic carbocycles. The van der Waals surface area contributed by atoms with Gasteiger partial charge in [-0.25, -0.2) is 13.2 Å². The monoisotopic (exact) mass is 351 g/mol. The Kier molecular flexibility index (Phi) is 5.77. The smallest absolute Gasteiger partial charge is 0.331 e. The molecule has 0 saturated carbocycles. The summed E-state index contributed by atoms with van der Waals surface area (Å²) >= 11 is 0. The highest BCUT2D eigenvalue weighted by Crippen LogP contribution is 2.16. The van der Waals surface area contributed by atoms with Crippen LogP contribution >= 0.6 is 0 Å². The number of sulfone groups is 1. The number of esters is 1. The van der Waals surface area contributed by atoms with Crippen LogP contribution in [0.1, 0.15) is 17.5 Å². The molecule has 0 spiro atoms. The molecule has 24 heavy (non-hydrogen) atoms. The second-order valence-electron chi connectivity index (χ2n) is 5.86. The van der Waals surface area contributed by atoms with Gasteiger partial charge in [0.15, 0.2) is 16.4 Å². The lowest BCUT2D eigenvalue weighted by molar-refractivity contribution is -0.148. The van der Waals surface area contributed by atoms with Gasteiger partial charge in [-0.2, -0.15) is 0 Å². The molecule has 2 rings (SSSR count). The number of carbonyl (C=O) groups excluding carboxylic acids is 2. The topological polar surface area (TPSA) is 80.8 Å². The molecule has 130 valence electrons. The van der Waals surface area contributed by atoms with Gasteiger partial charge in [0, 0.05) is 19.2 Å². The summed E-state index contributed by atoms with van der Waals surface area (Å²) in [7, 11) is -1.53. The van der Waals surface area contributed by atoms with Gasteiger partial charge in [0.2, 0.25) is 0 Å². The van der Waals surface area contributed by atoms with Crippen LogP contribution in [0.3, 0.4) is 0 Å². The van der Waals surface area contributed by atoms with Crippen molar-refractivity contribution in [3.8, 4) is 0 Å². The van der Waals surface area contributed by atoms with Crippen LogP contribution in [-0.4, -0.2) is 56.4 Å². The lowest BCUT2D eigenvalue weighted by atomic mass is 10.1. The van der Waals surface area contributed by atoms with E-state index in [4.69, 9.17) is 4.74 Å². The van der Waals surface area contributed by atoms with Crippen LogP contribution < -0.4 is 0 Å². The maximum absolute atomic E-state index is 12.0. The summed E-state index contributed by atoms with van der Waals surface area (Å²) in [6.45, 7) is 1.53. The lowest BCUT2D eigenvalue weighted by Crippen LogP contribution is -2.40. The maximum Gasteiger partial charge on any atom is 0.331 e. The Morgan fingerprint density at radius 1 is 1.33 bits per heavy atom. The molecular formula is C17H21NO5S. The van der Waals surface area contributed by atoms with Crippen LogP contribution in [0.2, 0.25) is 0 Å². The number of amides is 1. The molecule has 1 aliphatic heterocycles. The molecule has 1 saturated heterocycles. The van der Waals surface area contributed by atoms with E-state index in [-0.39, 0.29) is 17.5 Å². The van der Waals surface area contributed by atoms with Crippen LogP contribution in [-0.2, 0) is 24.2 Å². The minimum atomic E-state index is -3.06. The van der Waals surface area contributed by atoms with E-state index in [2.05, 4.69) is 0 Å². The molecule has 1 aliphatic rings. The number of likely N-dealkylation sites (N-methyl/N-ethyl adjacent to an activating group) is 1. The van der Waals surface area contributed by atoms with Crippen molar-refractivity contribution >= 4 is 27.8 Å². The number of ether oxygens (including phenoxy) is 1. The molecule has 1 heterocycles. The van der Waals surface area contributed by atoms with E-state index in [9.17, 15) is 18.0 Å². The first-order chi connectivity index (χ1) is 11.3. The average Bonchev–Trinajstić information content (AvgIpc) is 2.91. The molecule has 0 unspecified atom stereocenters. The molecule has 0 aromatic heterocycles. The summed E-state index contributed by atoms with van der Waals surface area (Å²) in [5.74, 6) is -0.960. The third-order valence-corrected chi connectivity index (χ3v) is 5.83. The standard InChI is InChI=1S/C17H21NO5S/c1-13-5-3-4-6-14(13)7-8-17(20)23-11-16(19)18(2)15-9-10-24(21,22)12-15/h3-8,15H,9-12H2,1-2H3/b8-7+/t15-/m1/s1. The molecule has 7 heteroatoms. The predicted molar refractivity (Wildman–Crippen MR) is 91.0 cm³/mol. The molecule has 1 aromatic rings. The Morgan fingerprint density at radius 2 is 2.04 bits per heavy atom. The number of benzene rings is 1. The number of aryl methyl sites for hydroxylation is 1. The summed E-state index contributed by atoms with van der Waals surface area (Å²) in [6, 6.07) is 7.23. The lowest BCUT2D eigenvalue weighted by Gasteiger charge is -2.22. The molecule has 6 nitrogen and oxygen atoms in total. The van der Waals surface area contributed by atoms with Crippen molar-refractivity contribution in [1.29, 1.82) is 0 Å². The minimum Gasteiger partial charge on any atom is -0.452 e. The fourth-order valence-electron chi connectivity index (χ4n) is 2.50. The SMILES string of the molecule is Cc1ccccc1/C=C/C(=O)OCC(=O)N(C)[C@@H]1CCS(=O)(=O)C1. The van der Waals surface area contributed by atoms with E-state index in [1.165, 1.54) is 18.0 Å². The van der Waals surface area contributed by atoms with E-state index < -0.39 is 28.3 Å². The van der Waals surface area contributed by atoms with Crippen LogP contribution in [0.25, 0.3) is 6.08 Å². The van der Waals surface area contributed by atoms with Crippen molar-refractivity contribution in [3.63, 3.8) is 0 Å². The van der Waals surface area contributed by atoms with Gasteiger partial charge in [-0.05, 0) is 30.5 Å². The second-order valence-corrected chi connectivity index (χ2v) is 8.09. The van der Waals surface area contributed by atoms with Gasteiger partial charge in [-0.3, -0.25) is 4.79 Å². The average molecular weight is 351 g/mol. The maximum atomic E-state index is 12.0. The predicted octanol–water partition coefficient (Wildman–Crippen LogP) is 1.20. The first-order valence-electron chi connectivity index (χ1n) is 7.65. The van der Waals surface area contributed by atoms with Crippen molar-refractivity contribution in [2.45, 2.75) is 19.4 Å².